The van der Waals surface area contributed by atoms with Crippen LogP contribution in [0.1, 0.15) is 5.56 Å². The lowest BCUT2D eigenvalue weighted by Crippen LogP contribution is -2.28. The second-order valence-electron chi connectivity index (χ2n) is 4.56. The first kappa shape index (κ1) is 15.5. The third kappa shape index (κ3) is 3.06. The van der Waals surface area contributed by atoms with E-state index in [1.165, 1.54) is 31.3 Å². The topological polar surface area (TPSA) is 49.4 Å². The van der Waals surface area contributed by atoms with Gasteiger partial charge in [0.25, 0.3) is 10.0 Å². The molecule has 0 unspecified atom stereocenters. The Morgan fingerprint density at radius 3 is 2.38 bits per heavy atom. The fraction of sp³-hybridized carbons (Fsp3) is 0.200. The second kappa shape index (κ2) is 6.24. The number of sulfonamides is 1. The molecule has 0 heterocycles. The highest BCUT2D eigenvalue weighted by atomic mass is 32.2. The van der Waals surface area contributed by atoms with Gasteiger partial charge in [0.15, 0.2) is 0 Å². The largest absolute Gasteiger partial charge is 0.316 e. The van der Waals surface area contributed by atoms with Crippen LogP contribution in [0.25, 0.3) is 0 Å². The Morgan fingerprint density at radius 1 is 1.10 bits per heavy atom. The summed E-state index contributed by atoms with van der Waals surface area (Å²) < 4.78 is 40.2. The second-order valence-corrected chi connectivity index (χ2v) is 6.50. The van der Waals surface area contributed by atoms with E-state index in [9.17, 15) is 12.8 Å². The van der Waals surface area contributed by atoms with Crippen LogP contribution in [0.5, 0.6) is 0 Å². The molecule has 2 aromatic carbocycles. The first-order chi connectivity index (χ1) is 9.98. The van der Waals surface area contributed by atoms with E-state index in [2.05, 4.69) is 5.32 Å². The first-order valence-electron chi connectivity index (χ1n) is 6.44. The van der Waals surface area contributed by atoms with Crippen LogP contribution >= 0.6 is 0 Å². The van der Waals surface area contributed by atoms with Crippen LogP contribution in [-0.4, -0.2) is 22.5 Å². The third-order valence-electron chi connectivity index (χ3n) is 3.17. The minimum Gasteiger partial charge on any atom is -0.316 e. The summed E-state index contributed by atoms with van der Waals surface area (Å²) in [6, 6.07) is 12.5. The third-order valence-corrected chi connectivity index (χ3v) is 5.04. The molecule has 0 saturated heterocycles. The average Bonchev–Trinajstić information content (AvgIpc) is 2.48. The van der Waals surface area contributed by atoms with Crippen molar-refractivity contribution in [3.63, 3.8) is 0 Å². The highest BCUT2D eigenvalue weighted by molar-refractivity contribution is 7.92. The number of rotatable bonds is 5. The molecule has 21 heavy (non-hydrogen) atoms. The van der Waals surface area contributed by atoms with Crippen molar-refractivity contribution in [1.29, 1.82) is 0 Å². The maximum absolute atomic E-state index is 13.8. The van der Waals surface area contributed by atoms with Gasteiger partial charge in [-0.2, -0.15) is 0 Å². The normalized spacial score (nSPS) is 11.4. The summed E-state index contributed by atoms with van der Waals surface area (Å²) in [5.74, 6) is -0.574. The molecule has 0 amide bonds. The van der Waals surface area contributed by atoms with Gasteiger partial charge < -0.3 is 5.32 Å². The highest BCUT2D eigenvalue weighted by Crippen LogP contribution is 2.26. The van der Waals surface area contributed by atoms with Crippen LogP contribution in [-0.2, 0) is 16.6 Å². The number of nitrogens with one attached hydrogen (secondary N) is 1. The van der Waals surface area contributed by atoms with E-state index in [-0.39, 0.29) is 10.6 Å². The van der Waals surface area contributed by atoms with Crippen molar-refractivity contribution >= 4 is 15.7 Å². The molecule has 0 radical (unpaired) electrons. The fourth-order valence-corrected chi connectivity index (χ4v) is 3.50. The Balaban J connectivity index is 2.50. The Bertz CT molecular complexity index is 732. The fourth-order valence-electron chi connectivity index (χ4n) is 2.08. The smallest absolute Gasteiger partial charge is 0.264 e. The molecule has 2 aromatic rings. The summed E-state index contributed by atoms with van der Waals surface area (Å²) in [7, 11) is -0.723. The Labute approximate surface area is 124 Å². The lowest BCUT2D eigenvalue weighted by atomic mass is 10.2. The van der Waals surface area contributed by atoms with Gasteiger partial charge in [-0.15, -0.1) is 0 Å². The van der Waals surface area contributed by atoms with E-state index in [0.717, 1.165) is 4.31 Å². The van der Waals surface area contributed by atoms with Gasteiger partial charge in [0, 0.05) is 13.6 Å². The van der Waals surface area contributed by atoms with Gasteiger partial charge in [-0.1, -0.05) is 30.3 Å². The summed E-state index contributed by atoms with van der Waals surface area (Å²) in [5, 5.41) is 2.93. The summed E-state index contributed by atoms with van der Waals surface area (Å²) in [5.41, 5.74) is 0.667. The van der Waals surface area contributed by atoms with Gasteiger partial charge in [0.1, 0.15) is 5.82 Å². The van der Waals surface area contributed by atoms with Crippen molar-refractivity contribution in [3.8, 4) is 0 Å². The lowest BCUT2D eigenvalue weighted by molar-refractivity contribution is 0.588. The minimum atomic E-state index is -3.81. The molecule has 4 nitrogen and oxygen atoms in total. The number of benzene rings is 2. The molecule has 2 rings (SSSR count). The van der Waals surface area contributed by atoms with Crippen LogP contribution in [0.4, 0.5) is 10.1 Å². The zero-order chi connectivity index (χ0) is 15.5. The van der Waals surface area contributed by atoms with E-state index >= 15 is 0 Å². The maximum atomic E-state index is 13.8. The molecule has 0 saturated carbocycles. The number of hydrogen-bond donors (Lipinski definition) is 1. The standard InChI is InChI=1S/C15H17FN2O2S/c1-17-11-12-7-3-6-10-15(12)21(19,20)18(2)14-9-5-4-8-13(14)16/h3-10,17H,11H2,1-2H3. The summed E-state index contributed by atoms with van der Waals surface area (Å²) in [6.07, 6.45) is 0. The average molecular weight is 308 g/mol. The van der Waals surface area contributed by atoms with Crippen molar-refractivity contribution in [2.45, 2.75) is 11.4 Å². The number of anilines is 1. The summed E-state index contributed by atoms with van der Waals surface area (Å²) in [4.78, 5) is 0.171. The number of halogens is 1. The van der Waals surface area contributed by atoms with E-state index in [4.69, 9.17) is 0 Å². The van der Waals surface area contributed by atoms with Crippen LogP contribution in [0.3, 0.4) is 0 Å². The maximum Gasteiger partial charge on any atom is 0.264 e. The zero-order valence-electron chi connectivity index (χ0n) is 11.9. The van der Waals surface area contributed by atoms with Gasteiger partial charge >= 0.3 is 0 Å². The number of hydrogen-bond acceptors (Lipinski definition) is 3. The van der Waals surface area contributed by atoms with Gasteiger partial charge in [-0.25, -0.2) is 12.8 Å². The van der Waals surface area contributed by atoms with Gasteiger partial charge in [0.05, 0.1) is 10.6 Å². The predicted molar refractivity (Wildman–Crippen MR) is 81.2 cm³/mol. The van der Waals surface area contributed by atoms with E-state index in [1.54, 1.807) is 31.3 Å². The Kier molecular flexibility index (Phi) is 4.59. The van der Waals surface area contributed by atoms with Crippen LogP contribution in [0.2, 0.25) is 0 Å². The van der Waals surface area contributed by atoms with Crippen LogP contribution < -0.4 is 9.62 Å². The van der Waals surface area contributed by atoms with Crippen molar-refractivity contribution in [2.75, 3.05) is 18.4 Å². The predicted octanol–water partition coefficient (Wildman–Crippen LogP) is 2.37. The Morgan fingerprint density at radius 2 is 1.71 bits per heavy atom. The Hall–Kier alpha value is -1.92. The minimum absolute atomic E-state index is 0.0248. The van der Waals surface area contributed by atoms with Gasteiger partial charge in [0.2, 0.25) is 0 Å². The van der Waals surface area contributed by atoms with E-state index in [0.29, 0.717) is 12.1 Å². The number of para-hydroxylation sites is 1. The van der Waals surface area contributed by atoms with Gasteiger partial charge in [-0.05, 0) is 30.8 Å². The molecule has 0 aliphatic heterocycles. The molecule has 6 heteroatoms. The molecule has 0 aliphatic carbocycles. The SMILES string of the molecule is CNCc1ccccc1S(=O)(=O)N(C)c1ccccc1F. The van der Waals surface area contributed by atoms with Crippen LogP contribution in [0.15, 0.2) is 53.4 Å². The quantitative estimate of drug-likeness (QED) is 0.922. The zero-order valence-corrected chi connectivity index (χ0v) is 12.7. The van der Waals surface area contributed by atoms with Crippen molar-refractivity contribution in [3.05, 3.63) is 59.9 Å². The molecule has 0 aromatic heterocycles. The van der Waals surface area contributed by atoms with Crippen LogP contribution in [0, 0.1) is 5.82 Å². The molecular weight excluding hydrogens is 291 g/mol. The molecule has 0 spiro atoms. The van der Waals surface area contributed by atoms with E-state index in [1.807, 2.05) is 0 Å². The number of nitrogens with zero attached hydrogens (tertiary/aromatic N) is 1. The molecule has 112 valence electrons. The molecule has 1 N–H and O–H groups in total. The first-order valence-corrected chi connectivity index (χ1v) is 7.88. The van der Waals surface area contributed by atoms with E-state index < -0.39 is 15.8 Å². The molecule has 0 bridgehead atoms. The molecule has 0 atom stereocenters. The molecule has 0 aliphatic rings. The summed E-state index contributed by atoms with van der Waals surface area (Å²) >= 11 is 0. The van der Waals surface area contributed by atoms with Crippen molar-refractivity contribution in [2.24, 2.45) is 0 Å². The molecular formula is C15H17FN2O2S. The van der Waals surface area contributed by atoms with Crippen molar-refractivity contribution in [1.82, 2.24) is 5.32 Å². The monoisotopic (exact) mass is 308 g/mol. The van der Waals surface area contributed by atoms with Gasteiger partial charge in [-0.3, -0.25) is 4.31 Å². The molecule has 0 fully saturated rings. The van der Waals surface area contributed by atoms with Crippen molar-refractivity contribution < 1.29 is 12.8 Å². The highest BCUT2D eigenvalue weighted by Gasteiger charge is 2.25. The summed E-state index contributed by atoms with van der Waals surface area (Å²) in [6.45, 7) is 0.417. The lowest BCUT2D eigenvalue weighted by Gasteiger charge is -2.21.